The average Bonchev–Trinajstić information content (AvgIpc) is 2.37. The van der Waals surface area contributed by atoms with Crippen molar-refractivity contribution in [3.05, 3.63) is 65.2 Å². The molecule has 0 fully saturated rings. The van der Waals surface area contributed by atoms with Crippen LogP contribution in [0.2, 0.25) is 0 Å². The van der Waals surface area contributed by atoms with Gasteiger partial charge in [0.05, 0.1) is 0 Å². The fraction of sp³-hybridized carbons (Fsp3) is 0.143. The minimum atomic E-state index is -0.654. The number of nitrogens with zero attached hydrogens (tertiary/aromatic N) is 1. The molecule has 0 saturated heterocycles. The van der Waals surface area contributed by atoms with Crippen LogP contribution < -0.4 is 5.32 Å². The molecule has 18 heavy (non-hydrogen) atoms. The molecule has 2 rings (SSSR count). The molecule has 1 aromatic carbocycles. The lowest BCUT2D eigenvalue weighted by Gasteiger charge is -2.07. The minimum Gasteiger partial charge on any atom is -0.347 e. The summed E-state index contributed by atoms with van der Waals surface area (Å²) in [6.45, 7) is 2.38. The number of carbonyl (C=O) groups is 1. The summed E-state index contributed by atoms with van der Waals surface area (Å²) in [6.07, 6.45) is 0. The van der Waals surface area contributed by atoms with Gasteiger partial charge < -0.3 is 5.32 Å². The van der Waals surface area contributed by atoms with Gasteiger partial charge in [0.1, 0.15) is 5.69 Å². The van der Waals surface area contributed by atoms with Crippen LogP contribution in [0.15, 0.2) is 42.5 Å². The molecule has 0 unspecified atom stereocenters. The molecular formula is C14H13FN2O. The van der Waals surface area contributed by atoms with Crippen LogP contribution in [0.4, 0.5) is 4.39 Å². The van der Waals surface area contributed by atoms with Gasteiger partial charge >= 0.3 is 0 Å². The SMILES string of the molecule is Cc1ccccc1CNC(=O)c1cccc(F)n1. The van der Waals surface area contributed by atoms with Crippen molar-refractivity contribution >= 4 is 5.91 Å². The zero-order valence-electron chi connectivity index (χ0n) is 9.98. The Morgan fingerprint density at radius 2 is 2.00 bits per heavy atom. The van der Waals surface area contributed by atoms with Crippen molar-refractivity contribution < 1.29 is 9.18 Å². The van der Waals surface area contributed by atoms with Gasteiger partial charge in [0.25, 0.3) is 5.91 Å². The average molecular weight is 244 g/mol. The number of amides is 1. The van der Waals surface area contributed by atoms with Crippen LogP contribution in [-0.4, -0.2) is 10.9 Å². The van der Waals surface area contributed by atoms with Gasteiger partial charge in [0, 0.05) is 6.54 Å². The molecule has 0 spiro atoms. The maximum Gasteiger partial charge on any atom is 0.270 e. The second kappa shape index (κ2) is 5.40. The molecule has 0 aliphatic rings. The first-order chi connectivity index (χ1) is 8.66. The van der Waals surface area contributed by atoms with Gasteiger partial charge in [0.15, 0.2) is 0 Å². The van der Waals surface area contributed by atoms with Crippen molar-refractivity contribution in [2.24, 2.45) is 0 Å². The second-order valence-electron chi connectivity index (χ2n) is 3.95. The van der Waals surface area contributed by atoms with Gasteiger partial charge in [-0.1, -0.05) is 30.3 Å². The first kappa shape index (κ1) is 12.2. The first-order valence-electron chi connectivity index (χ1n) is 5.62. The topological polar surface area (TPSA) is 42.0 Å². The molecule has 1 heterocycles. The molecule has 2 aromatic rings. The van der Waals surface area contributed by atoms with Crippen LogP contribution in [0.1, 0.15) is 21.6 Å². The maximum atomic E-state index is 12.9. The third-order valence-electron chi connectivity index (χ3n) is 2.65. The zero-order valence-corrected chi connectivity index (χ0v) is 9.98. The Kier molecular flexibility index (Phi) is 3.67. The van der Waals surface area contributed by atoms with Gasteiger partial charge in [-0.3, -0.25) is 4.79 Å². The molecule has 4 heteroatoms. The van der Waals surface area contributed by atoms with Crippen molar-refractivity contribution in [2.75, 3.05) is 0 Å². The molecule has 0 saturated carbocycles. The van der Waals surface area contributed by atoms with Crippen LogP contribution in [0.25, 0.3) is 0 Å². The molecule has 1 aromatic heterocycles. The predicted molar refractivity (Wildman–Crippen MR) is 66.5 cm³/mol. The van der Waals surface area contributed by atoms with Gasteiger partial charge in [-0.25, -0.2) is 4.98 Å². The summed E-state index contributed by atoms with van der Waals surface area (Å²) >= 11 is 0. The van der Waals surface area contributed by atoms with E-state index in [0.29, 0.717) is 6.54 Å². The summed E-state index contributed by atoms with van der Waals surface area (Å²) in [5.74, 6) is -1.03. The third-order valence-corrected chi connectivity index (χ3v) is 2.65. The van der Waals surface area contributed by atoms with Crippen LogP contribution in [0.5, 0.6) is 0 Å². The Morgan fingerprint density at radius 3 is 2.72 bits per heavy atom. The van der Waals surface area contributed by atoms with E-state index in [1.165, 1.54) is 18.2 Å². The molecule has 1 amide bonds. The van der Waals surface area contributed by atoms with E-state index in [2.05, 4.69) is 10.3 Å². The van der Waals surface area contributed by atoms with E-state index in [9.17, 15) is 9.18 Å². The van der Waals surface area contributed by atoms with Crippen LogP contribution in [0, 0.1) is 12.9 Å². The number of benzene rings is 1. The second-order valence-corrected chi connectivity index (χ2v) is 3.95. The van der Waals surface area contributed by atoms with Crippen LogP contribution >= 0.6 is 0 Å². The van der Waals surface area contributed by atoms with E-state index < -0.39 is 5.95 Å². The van der Waals surface area contributed by atoms with E-state index in [0.717, 1.165) is 11.1 Å². The van der Waals surface area contributed by atoms with Gasteiger partial charge in [-0.2, -0.15) is 4.39 Å². The Hall–Kier alpha value is -2.23. The zero-order chi connectivity index (χ0) is 13.0. The highest BCUT2D eigenvalue weighted by atomic mass is 19.1. The summed E-state index contributed by atoms with van der Waals surface area (Å²) in [5, 5.41) is 2.72. The summed E-state index contributed by atoms with van der Waals surface area (Å²) in [4.78, 5) is 15.3. The van der Waals surface area contributed by atoms with Gasteiger partial charge in [-0.15, -0.1) is 0 Å². The third kappa shape index (κ3) is 2.91. The Labute approximate surface area is 105 Å². The molecular weight excluding hydrogens is 231 g/mol. The number of hydrogen-bond acceptors (Lipinski definition) is 2. The Bertz CT molecular complexity index is 569. The lowest BCUT2D eigenvalue weighted by atomic mass is 10.1. The normalized spacial score (nSPS) is 10.1. The highest BCUT2D eigenvalue weighted by Crippen LogP contribution is 2.06. The smallest absolute Gasteiger partial charge is 0.270 e. The van der Waals surface area contributed by atoms with Gasteiger partial charge in [0.2, 0.25) is 5.95 Å². The van der Waals surface area contributed by atoms with Crippen molar-refractivity contribution in [1.29, 1.82) is 0 Å². The molecule has 0 aliphatic heterocycles. The van der Waals surface area contributed by atoms with Crippen molar-refractivity contribution in [2.45, 2.75) is 13.5 Å². The standard InChI is InChI=1S/C14H13FN2O/c1-10-5-2-3-6-11(10)9-16-14(18)12-7-4-8-13(15)17-12/h2-8H,9H2,1H3,(H,16,18). The number of rotatable bonds is 3. The van der Waals surface area contributed by atoms with Crippen molar-refractivity contribution in [3.8, 4) is 0 Å². The largest absolute Gasteiger partial charge is 0.347 e. The van der Waals surface area contributed by atoms with E-state index in [1.54, 1.807) is 0 Å². The van der Waals surface area contributed by atoms with Gasteiger partial charge in [-0.05, 0) is 30.2 Å². The lowest BCUT2D eigenvalue weighted by Crippen LogP contribution is -2.24. The number of halogens is 1. The monoisotopic (exact) mass is 244 g/mol. The van der Waals surface area contributed by atoms with Crippen LogP contribution in [0.3, 0.4) is 0 Å². The number of carbonyl (C=O) groups excluding carboxylic acids is 1. The van der Waals surface area contributed by atoms with Crippen LogP contribution in [-0.2, 0) is 6.54 Å². The first-order valence-corrected chi connectivity index (χ1v) is 5.62. The van der Waals surface area contributed by atoms with Crippen molar-refractivity contribution in [1.82, 2.24) is 10.3 Å². The highest BCUT2D eigenvalue weighted by Gasteiger charge is 2.08. The van der Waals surface area contributed by atoms with E-state index in [-0.39, 0.29) is 11.6 Å². The molecule has 3 nitrogen and oxygen atoms in total. The summed E-state index contributed by atoms with van der Waals surface area (Å²) in [6, 6.07) is 11.9. The summed E-state index contributed by atoms with van der Waals surface area (Å²) in [5.41, 5.74) is 2.22. The predicted octanol–water partition coefficient (Wildman–Crippen LogP) is 2.46. The minimum absolute atomic E-state index is 0.0867. The number of hydrogen-bond donors (Lipinski definition) is 1. The molecule has 0 radical (unpaired) electrons. The fourth-order valence-corrected chi connectivity index (χ4v) is 1.61. The van der Waals surface area contributed by atoms with E-state index in [4.69, 9.17) is 0 Å². The van der Waals surface area contributed by atoms with Crippen molar-refractivity contribution in [3.63, 3.8) is 0 Å². The fourth-order valence-electron chi connectivity index (χ4n) is 1.61. The molecule has 0 atom stereocenters. The van der Waals surface area contributed by atoms with E-state index in [1.807, 2.05) is 31.2 Å². The summed E-state index contributed by atoms with van der Waals surface area (Å²) in [7, 11) is 0. The number of pyridine rings is 1. The quantitative estimate of drug-likeness (QED) is 0.843. The molecule has 0 aliphatic carbocycles. The number of nitrogens with one attached hydrogen (secondary N) is 1. The molecule has 1 N–H and O–H groups in total. The molecule has 0 bridgehead atoms. The lowest BCUT2D eigenvalue weighted by molar-refractivity contribution is 0.0944. The number of aromatic nitrogens is 1. The maximum absolute atomic E-state index is 12.9. The Balaban J connectivity index is 2.03. The number of aryl methyl sites for hydroxylation is 1. The summed E-state index contributed by atoms with van der Waals surface area (Å²) < 4.78 is 12.9. The molecule has 92 valence electrons. The highest BCUT2D eigenvalue weighted by molar-refractivity contribution is 5.92. The Morgan fingerprint density at radius 1 is 1.22 bits per heavy atom. The van der Waals surface area contributed by atoms with E-state index >= 15 is 0 Å².